The second-order valence-corrected chi connectivity index (χ2v) is 5.54. The van der Waals surface area contributed by atoms with Gasteiger partial charge in [0, 0.05) is 12.1 Å². The molecule has 1 heterocycles. The number of ether oxygens (including phenoxy) is 1. The van der Waals surface area contributed by atoms with Gasteiger partial charge in [-0.3, -0.25) is 15.4 Å². The van der Waals surface area contributed by atoms with Crippen LogP contribution >= 0.6 is 0 Å². The van der Waals surface area contributed by atoms with Crippen molar-refractivity contribution in [1.29, 1.82) is 0 Å². The largest absolute Gasteiger partial charge is 0.363 e. The van der Waals surface area contributed by atoms with Gasteiger partial charge in [-0.2, -0.15) is 0 Å². The molecule has 1 saturated heterocycles. The molecular formula is C16H24N2O3. The van der Waals surface area contributed by atoms with Gasteiger partial charge in [0.05, 0.1) is 11.5 Å². The third-order valence-electron chi connectivity index (χ3n) is 3.87. The molecule has 5 heteroatoms. The minimum absolute atomic E-state index is 0.137. The van der Waals surface area contributed by atoms with Crippen LogP contribution in [0.4, 0.5) is 5.69 Å². The number of nitro benzene ring substituents is 1. The molecule has 0 radical (unpaired) electrons. The lowest BCUT2D eigenvalue weighted by molar-refractivity contribution is -0.384. The van der Waals surface area contributed by atoms with E-state index in [1.54, 1.807) is 24.3 Å². The number of nitrogens with zero attached hydrogens (tertiary/aromatic N) is 1. The van der Waals surface area contributed by atoms with Crippen LogP contribution in [0.2, 0.25) is 0 Å². The van der Waals surface area contributed by atoms with Crippen LogP contribution in [-0.2, 0) is 11.2 Å². The Hall–Kier alpha value is -1.46. The molecule has 2 rings (SSSR count). The molecule has 0 aromatic heterocycles. The topological polar surface area (TPSA) is 64.4 Å². The first kappa shape index (κ1) is 15.9. The van der Waals surface area contributed by atoms with Crippen molar-refractivity contribution in [2.24, 2.45) is 0 Å². The Bertz CT molecular complexity index is 424. The third kappa shape index (κ3) is 5.81. The van der Waals surface area contributed by atoms with Crippen LogP contribution in [0.3, 0.4) is 0 Å². The summed E-state index contributed by atoms with van der Waals surface area (Å²) in [5, 5.41) is 14.1. The van der Waals surface area contributed by atoms with Crippen molar-refractivity contribution in [3.8, 4) is 0 Å². The Kier molecular flexibility index (Phi) is 6.63. The number of hydrogen-bond acceptors (Lipinski definition) is 4. The molecule has 5 nitrogen and oxygen atoms in total. The lowest BCUT2D eigenvalue weighted by Crippen LogP contribution is -2.32. The molecule has 0 aliphatic carbocycles. The Morgan fingerprint density at radius 2 is 1.86 bits per heavy atom. The molecule has 1 N–H and O–H groups in total. The first-order valence-corrected chi connectivity index (χ1v) is 7.84. The van der Waals surface area contributed by atoms with E-state index in [1.807, 2.05) is 0 Å². The lowest BCUT2D eigenvalue weighted by Gasteiger charge is -2.18. The van der Waals surface area contributed by atoms with Gasteiger partial charge in [-0.05, 0) is 37.8 Å². The SMILES string of the molecule is O=[N+]([O-])c1ccc(CCOC2CCCCCCCN2)cc1. The van der Waals surface area contributed by atoms with Crippen LogP contribution in [0.15, 0.2) is 24.3 Å². The Morgan fingerprint density at radius 3 is 2.62 bits per heavy atom. The number of nitro groups is 1. The minimum atomic E-state index is -0.373. The van der Waals surface area contributed by atoms with Crippen molar-refractivity contribution in [2.75, 3.05) is 13.2 Å². The molecule has 21 heavy (non-hydrogen) atoms. The van der Waals surface area contributed by atoms with E-state index >= 15 is 0 Å². The molecule has 1 aromatic carbocycles. The number of non-ortho nitro benzene ring substituents is 1. The summed E-state index contributed by atoms with van der Waals surface area (Å²) in [6.07, 6.45) is 8.39. The summed E-state index contributed by atoms with van der Waals surface area (Å²) in [4.78, 5) is 10.2. The molecule has 116 valence electrons. The van der Waals surface area contributed by atoms with E-state index in [9.17, 15) is 10.1 Å². The van der Waals surface area contributed by atoms with Crippen molar-refractivity contribution >= 4 is 5.69 Å². The highest BCUT2D eigenvalue weighted by molar-refractivity contribution is 5.32. The van der Waals surface area contributed by atoms with Gasteiger partial charge in [0.25, 0.3) is 5.69 Å². The maximum absolute atomic E-state index is 10.6. The van der Waals surface area contributed by atoms with Crippen molar-refractivity contribution < 1.29 is 9.66 Å². The summed E-state index contributed by atoms with van der Waals surface area (Å²) in [5.41, 5.74) is 1.21. The van der Waals surface area contributed by atoms with E-state index < -0.39 is 0 Å². The van der Waals surface area contributed by atoms with Crippen LogP contribution < -0.4 is 5.32 Å². The maximum atomic E-state index is 10.6. The second-order valence-electron chi connectivity index (χ2n) is 5.54. The van der Waals surface area contributed by atoms with E-state index in [2.05, 4.69) is 5.32 Å². The summed E-state index contributed by atoms with van der Waals surface area (Å²) in [6.45, 7) is 1.68. The van der Waals surface area contributed by atoms with Crippen LogP contribution in [-0.4, -0.2) is 24.3 Å². The van der Waals surface area contributed by atoms with Crippen LogP contribution in [0.5, 0.6) is 0 Å². The quantitative estimate of drug-likeness (QED) is 0.667. The fourth-order valence-electron chi connectivity index (χ4n) is 2.60. The summed E-state index contributed by atoms with van der Waals surface area (Å²) in [6, 6.07) is 6.71. The van der Waals surface area contributed by atoms with Gasteiger partial charge in [-0.1, -0.05) is 31.4 Å². The molecule has 1 fully saturated rings. The molecule has 1 unspecified atom stereocenters. The van der Waals surface area contributed by atoms with Crippen molar-refractivity contribution in [2.45, 2.75) is 51.2 Å². The minimum Gasteiger partial charge on any atom is -0.363 e. The van der Waals surface area contributed by atoms with E-state index in [0.717, 1.165) is 24.9 Å². The molecule has 0 saturated carbocycles. The van der Waals surface area contributed by atoms with E-state index in [1.165, 1.54) is 32.1 Å². The van der Waals surface area contributed by atoms with Gasteiger partial charge >= 0.3 is 0 Å². The number of rotatable bonds is 5. The van der Waals surface area contributed by atoms with Crippen LogP contribution in [0.25, 0.3) is 0 Å². The smallest absolute Gasteiger partial charge is 0.269 e. The molecule has 0 bridgehead atoms. The van der Waals surface area contributed by atoms with Gasteiger partial charge in [0.1, 0.15) is 6.23 Å². The summed E-state index contributed by atoms with van der Waals surface area (Å²) in [7, 11) is 0. The predicted molar refractivity (Wildman–Crippen MR) is 82.2 cm³/mol. The van der Waals surface area contributed by atoms with E-state index in [0.29, 0.717) is 6.61 Å². The fourth-order valence-corrected chi connectivity index (χ4v) is 2.60. The number of benzene rings is 1. The van der Waals surface area contributed by atoms with E-state index in [-0.39, 0.29) is 16.8 Å². The summed E-state index contributed by atoms with van der Waals surface area (Å²) >= 11 is 0. The molecule has 1 atom stereocenters. The Balaban J connectivity index is 1.73. The Labute approximate surface area is 125 Å². The van der Waals surface area contributed by atoms with Gasteiger partial charge in [-0.15, -0.1) is 0 Å². The van der Waals surface area contributed by atoms with Crippen LogP contribution in [0.1, 0.15) is 44.1 Å². The van der Waals surface area contributed by atoms with Gasteiger partial charge in [-0.25, -0.2) is 0 Å². The van der Waals surface area contributed by atoms with Gasteiger partial charge in [0.2, 0.25) is 0 Å². The summed E-state index contributed by atoms with van der Waals surface area (Å²) < 4.78 is 5.91. The third-order valence-corrected chi connectivity index (χ3v) is 3.87. The molecule has 1 aliphatic heterocycles. The van der Waals surface area contributed by atoms with Crippen molar-refractivity contribution in [1.82, 2.24) is 5.32 Å². The summed E-state index contributed by atoms with van der Waals surface area (Å²) in [5.74, 6) is 0. The molecule has 1 aliphatic rings. The molecular weight excluding hydrogens is 268 g/mol. The van der Waals surface area contributed by atoms with Crippen molar-refractivity contribution in [3.05, 3.63) is 39.9 Å². The highest BCUT2D eigenvalue weighted by Crippen LogP contribution is 2.14. The zero-order valence-corrected chi connectivity index (χ0v) is 12.4. The zero-order chi connectivity index (χ0) is 14.9. The second kappa shape index (κ2) is 8.74. The molecule has 0 amide bonds. The first-order valence-electron chi connectivity index (χ1n) is 7.84. The standard InChI is InChI=1S/C16H24N2O3/c19-18(20)15-9-7-14(8-10-15)11-13-21-16-6-4-2-1-3-5-12-17-16/h7-10,16-17H,1-6,11-13H2. The fraction of sp³-hybridized carbons (Fsp3) is 0.625. The highest BCUT2D eigenvalue weighted by Gasteiger charge is 2.10. The van der Waals surface area contributed by atoms with Crippen LogP contribution in [0, 0.1) is 10.1 Å². The average Bonchev–Trinajstić information content (AvgIpc) is 2.62. The monoisotopic (exact) mass is 292 g/mol. The zero-order valence-electron chi connectivity index (χ0n) is 12.4. The van der Waals surface area contributed by atoms with Crippen molar-refractivity contribution in [3.63, 3.8) is 0 Å². The van der Waals surface area contributed by atoms with E-state index in [4.69, 9.17) is 4.74 Å². The first-order chi connectivity index (χ1) is 10.3. The number of hydrogen-bond donors (Lipinski definition) is 1. The van der Waals surface area contributed by atoms with Gasteiger partial charge < -0.3 is 4.74 Å². The number of nitrogens with one attached hydrogen (secondary N) is 1. The Morgan fingerprint density at radius 1 is 1.14 bits per heavy atom. The highest BCUT2D eigenvalue weighted by atomic mass is 16.6. The average molecular weight is 292 g/mol. The molecule has 0 spiro atoms. The molecule has 1 aromatic rings. The lowest BCUT2D eigenvalue weighted by atomic mass is 10.1. The van der Waals surface area contributed by atoms with Gasteiger partial charge in [0.15, 0.2) is 0 Å². The predicted octanol–water partition coefficient (Wildman–Crippen LogP) is 3.42. The normalized spacial score (nSPS) is 20.3. The maximum Gasteiger partial charge on any atom is 0.269 e.